The summed E-state index contributed by atoms with van der Waals surface area (Å²) in [6, 6.07) is 8.80. The van der Waals surface area contributed by atoms with Crippen molar-refractivity contribution < 1.29 is 43.6 Å². The molecule has 7 rings (SSSR count). The van der Waals surface area contributed by atoms with E-state index in [1.54, 1.807) is 45.4 Å². The van der Waals surface area contributed by atoms with Crippen LogP contribution in [0.2, 0.25) is 0 Å². The van der Waals surface area contributed by atoms with Gasteiger partial charge in [-0.25, -0.2) is 4.98 Å². The number of β-lactam (4-membered cyclic amide) rings is 1. The molecule has 2 aromatic heterocycles. The number of likely N-dealkylation sites (tertiary alicyclic amines) is 1. The second-order valence-electron chi connectivity index (χ2n) is 13.2. The number of nitrogen functional groups attached to an aromatic ring is 1. The fraction of sp³-hybridized carbons (Fsp3) is 0.333. The molecule has 280 valence electrons. The maximum atomic E-state index is 13.5. The van der Waals surface area contributed by atoms with Gasteiger partial charge in [-0.2, -0.15) is 4.57 Å². The number of amides is 4. The number of hydrogen-bond donors (Lipinski definition) is 4. The van der Waals surface area contributed by atoms with Crippen molar-refractivity contribution >= 4 is 69.2 Å². The smallest absolute Gasteiger partial charge is 0.290 e. The molecule has 2 saturated heterocycles. The van der Waals surface area contributed by atoms with Crippen molar-refractivity contribution in [1.29, 1.82) is 0 Å². The fourth-order valence-corrected chi connectivity index (χ4v) is 8.63. The Hall–Kier alpha value is -5.75. The van der Waals surface area contributed by atoms with Gasteiger partial charge in [-0.1, -0.05) is 11.2 Å². The maximum Gasteiger partial charge on any atom is 0.290 e. The summed E-state index contributed by atoms with van der Waals surface area (Å²) < 4.78 is 1.68. The first-order valence-electron chi connectivity index (χ1n) is 17.3. The predicted octanol–water partition coefficient (Wildman–Crippen LogP) is 0.783. The largest absolute Gasteiger partial charge is 0.543 e. The Bertz CT molecular complexity index is 2110. The Morgan fingerprint density at radius 3 is 2.74 bits per heavy atom. The number of oxime groups is 1. The second kappa shape index (κ2) is 15.7. The first-order valence-corrected chi connectivity index (χ1v) is 19.2. The van der Waals surface area contributed by atoms with E-state index in [1.807, 2.05) is 6.07 Å². The molecule has 4 amide bonds. The zero-order valence-electron chi connectivity index (χ0n) is 28.8. The van der Waals surface area contributed by atoms with Crippen LogP contribution in [0.4, 0.5) is 10.8 Å². The van der Waals surface area contributed by atoms with Gasteiger partial charge in [0.25, 0.3) is 17.7 Å². The first-order chi connectivity index (χ1) is 26.0. The Morgan fingerprint density at radius 1 is 1.19 bits per heavy atom. The fourth-order valence-electron chi connectivity index (χ4n) is 6.78. The normalized spacial score (nSPS) is 21.0. The van der Waals surface area contributed by atoms with E-state index in [4.69, 9.17) is 10.6 Å². The Kier molecular flexibility index (Phi) is 10.6. The van der Waals surface area contributed by atoms with Gasteiger partial charge >= 0.3 is 0 Å². The van der Waals surface area contributed by atoms with E-state index in [-0.39, 0.29) is 70.3 Å². The minimum Gasteiger partial charge on any atom is -0.543 e. The number of phenolic OH excluding ortho intramolecular Hbond substituents is 1. The molecule has 4 aliphatic rings. The molecule has 0 spiro atoms. The molecule has 1 saturated carbocycles. The number of anilines is 2. The number of carboxylic acids is 1. The summed E-state index contributed by atoms with van der Waals surface area (Å²) in [5.74, 6) is -3.31. The van der Waals surface area contributed by atoms with E-state index in [0.29, 0.717) is 24.2 Å². The molecule has 0 radical (unpaired) electrons. The number of fused-ring (bicyclic) bond motifs is 1. The van der Waals surface area contributed by atoms with Crippen molar-refractivity contribution in [3.8, 4) is 5.75 Å². The lowest BCUT2D eigenvalue weighted by atomic mass is 10.0. The number of benzene rings is 1. The average Bonchev–Trinajstić information content (AvgIpc) is 3.90. The summed E-state index contributed by atoms with van der Waals surface area (Å²) in [6.07, 6.45) is 8.85. The number of thioether (sulfide) groups is 1. The monoisotopic (exact) mass is 772 g/mol. The molecule has 0 unspecified atom stereocenters. The lowest BCUT2D eigenvalue weighted by Crippen LogP contribution is -2.71. The number of pyridine rings is 1. The molecule has 1 aromatic carbocycles. The zero-order valence-corrected chi connectivity index (χ0v) is 30.4. The molecule has 1 aliphatic carbocycles. The highest BCUT2D eigenvalue weighted by Crippen LogP contribution is 2.41. The molecule has 3 fully saturated rings. The number of nitrogens with zero attached hydrogens (tertiary/aromatic N) is 5. The zero-order chi connectivity index (χ0) is 37.9. The Balaban J connectivity index is 1.00. The van der Waals surface area contributed by atoms with Crippen LogP contribution in [0.5, 0.6) is 5.75 Å². The third kappa shape index (κ3) is 7.93. The van der Waals surface area contributed by atoms with Gasteiger partial charge in [0, 0.05) is 46.6 Å². The van der Waals surface area contributed by atoms with E-state index >= 15 is 0 Å². The molecule has 5 heterocycles. The van der Waals surface area contributed by atoms with Gasteiger partial charge < -0.3 is 41.1 Å². The van der Waals surface area contributed by atoms with Crippen LogP contribution < -0.4 is 26.0 Å². The van der Waals surface area contributed by atoms with Crippen molar-refractivity contribution in [2.45, 2.75) is 62.7 Å². The minimum atomic E-state index is -1.57. The number of aliphatic carboxylic acids is 1. The number of allylic oxidation sites excluding steroid dienone is 1. The third-order valence-electron chi connectivity index (χ3n) is 9.36. The topological polar surface area (TPSA) is 224 Å². The number of nitrogens with two attached hydrogens (primary N) is 1. The highest BCUT2D eigenvalue weighted by Gasteiger charge is 2.53. The molecule has 18 heteroatoms. The van der Waals surface area contributed by atoms with Crippen LogP contribution >= 0.6 is 23.1 Å². The van der Waals surface area contributed by atoms with Gasteiger partial charge in [0.2, 0.25) is 12.5 Å². The average molecular weight is 773 g/mol. The van der Waals surface area contributed by atoms with Crippen molar-refractivity contribution in [3.05, 3.63) is 88.3 Å². The number of nitrogens with one attached hydrogen (secondary N) is 2. The van der Waals surface area contributed by atoms with E-state index in [1.165, 1.54) is 30.0 Å². The van der Waals surface area contributed by atoms with E-state index < -0.39 is 29.2 Å². The first kappa shape index (κ1) is 36.6. The molecule has 54 heavy (non-hydrogen) atoms. The van der Waals surface area contributed by atoms with Crippen LogP contribution in [-0.4, -0.2) is 85.0 Å². The minimum absolute atomic E-state index is 0.00563. The summed E-state index contributed by atoms with van der Waals surface area (Å²) in [4.78, 5) is 77.9. The van der Waals surface area contributed by atoms with Crippen molar-refractivity contribution in [2.24, 2.45) is 5.16 Å². The molecule has 0 bridgehead atoms. The van der Waals surface area contributed by atoms with Crippen LogP contribution in [0.3, 0.4) is 0 Å². The third-order valence-corrected chi connectivity index (χ3v) is 11.3. The van der Waals surface area contributed by atoms with Crippen LogP contribution in [0.15, 0.2) is 82.2 Å². The number of phenols is 1. The van der Waals surface area contributed by atoms with Gasteiger partial charge in [-0.05, 0) is 62.0 Å². The van der Waals surface area contributed by atoms with E-state index in [9.17, 15) is 34.2 Å². The highest BCUT2D eigenvalue weighted by molar-refractivity contribution is 8.00. The van der Waals surface area contributed by atoms with Gasteiger partial charge in [0.05, 0.1) is 18.2 Å². The van der Waals surface area contributed by atoms with E-state index in [0.717, 1.165) is 47.5 Å². The van der Waals surface area contributed by atoms with Gasteiger partial charge in [0.1, 0.15) is 29.0 Å². The van der Waals surface area contributed by atoms with Crippen molar-refractivity contribution in [3.63, 3.8) is 0 Å². The number of carbonyl (C=O) groups is 5. The lowest BCUT2D eigenvalue weighted by molar-refractivity contribution is -0.684. The summed E-state index contributed by atoms with van der Waals surface area (Å²) in [5, 5.41) is 32.7. The molecular weight excluding hydrogens is 737 g/mol. The Morgan fingerprint density at radius 2 is 2.00 bits per heavy atom. The highest BCUT2D eigenvalue weighted by atomic mass is 32.2. The van der Waals surface area contributed by atoms with Crippen molar-refractivity contribution in [2.75, 3.05) is 23.3 Å². The molecule has 5 N–H and O–H groups in total. The number of hydrogen-bond acceptors (Lipinski definition) is 13. The summed E-state index contributed by atoms with van der Waals surface area (Å²) in [6.45, 7) is 0.646. The SMILES string of the molecule is Nc1nc(/C(=N/OC2CCCC2)C(=O)N[C@@H]2C(=O)N3C(C(=O)[O-])=C(/C=C4\CCN(Cc5ccc[n+](CC(=O)Nc6cccc(O)c6)c5)C4=O)CS[C@H]23)cs1. The number of carboxylic acid groups (broad SMARTS) is 1. The quantitative estimate of drug-likeness (QED) is 0.0662. The molecule has 16 nitrogen and oxygen atoms in total. The van der Waals surface area contributed by atoms with Crippen molar-refractivity contribution in [1.82, 2.24) is 20.1 Å². The van der Waals surface area contributed by atoms with E-state index in [2.05, 4.69) is 20.8 Å². The summed E-state index contributed by atoms with van der Waals surface area (Å²) >= 11 is 2.38. The molecule has 3 aliphatic heterocycles. The standard InChI is InChI=1S/C36H36N8O8S2/c37-36-39-26(19-54-36)28(41-52-25-8-1-2-9-25)31(47)40-29-33(49)44-30(35(50)51)22(18-53-34(29)44)13-21-10-12-43(32(21)48)16-20-5-4-11-42(15-20)17-27(46)38-23-6-3-7-24(45)14-23/h3-7,11,13-15,19,25,29,34H,1-2,8-10,12,16-18H2,(H5-,37,38,39,40,45,46,47,50,51)/b21-13+,41-28-/t29-,34-/m1/s1. The predicted molar refractivity (Wildman–Crippen MR) is 195 cm³/mol. The maximum absolute atomic E-state index is 13.5. The molecule has 2 atom stereocenters. The summed E-state index contributed by atoms with van der Waals surface area (Å²) in [5.41, 5.74) is 7.42. The molecular formula is C36H36N8O8S2. The number of aromatic hydroxyl groups is 1. The van der Waals surface area contributed by atoms with Crippen LogP contribution in [0.1, 0.15) is 43.4 Å². The van der Waals surface area contributed by atoms with Crippen LogP contribution in [-0.2, 0) is 41.9 Å². The number of rotatable bonds is 12. The van der Waals surface area contributed by atoms with Gasteiger partial charge in [-0.3, -0.25) is 24.1 Å². The van der Waals surface area contributed by atoms with Crippen LogP contribution in [0, 0.1) is 0 Å². The van der Waals surface area contributed by atoms with Gasteiger partial charge in [-0.15, -0.1) is 23.1 Å². The molecule has 3 aromatic rings. The Labute approximate surface area is 317 Å². The number of aromatic nitrogens is 2. The summed E-state index contributed by atoms with van der Waals surface area (Å²) in [7, 11) is 0. The number of carbonyl (C=O) groups excluding carboxylic acids is 5. The van der Waals surface area contributed by atoms with Gasteiger partial charge in [0.15, 0.2) is 23.2 Å². The second-order valence-corrected chi connectivity index (χ2v) is 15.2. The lowest BCUT2D eigenvalue weighted by Gasteiger charge is -2.50. The number of thiazole rings is 1. The van der Waals surface area contributed by atoms with Crippen LogP contribution in [0.25, 0.3) is 0 Å².